The summed E-state index contributed by atoms with van der Waals surface area (Å²) in [6, 6.07) is 13.9. The molecule has 2 aromatic carbocycles. The van der Waals surface area contributed by atoms with E-state index in [1.54, 1.807) is 48.5 Å². The lowest BCUT2D eigenvalue weighted by atomic mass is 9.94. The van der Waals surface area contributed by atoms with E-state index in [4.69, 9.17) is 0 Å². The number of aliphatic hydroxyl groups is 2. The first kappa shape index (κ1) is 19.0. The Kier molecular flexibility index (Phi) is 5.26. The van der Waals surface area contributed by atoms with Gasteiger partial charge in [-0.2, -0.15) is 0 Å². The molecular weight excluding hydrogens is 316 g/mol. The molecule has 0 spiro atoms. The van der Waals surface area contributed by atoms with Gasteiger partial charge in [-0.25, -0.2) is 0 Å². The lowest BCUT2D eigenvalue weighted by Gasteiger charge is -2.16. The molecule has 131 valence electrons. The van der Waals surface area contributed by atoms with Gasteiger partial charge in [0.15, 0.2) is 11.6 Å². The molecule has 0 aromatic heterocycles. The normalized spacial score (nSPS) is 12.1. The summed E-state index contributed by atoms with van der Waals surface area (Å²) in [6.45, 7) is 5.86. The van der Waals surface area contributed by atoms with Crippen molar-refractivity contribution in [1.29, 1.82) is 0 Å². The Morgan fingerprint density at radius 2 is 0.960 bits per heavy atom. The van der Waals surface area contributed by atoms with Crippen molar-refractivity contribution in [1.82, 2.24) is 0 Å². The summed E-state index contributed by atoms with van der Waals surface area (Å²) >= 11 is 0. The second-order valence-electron chi connectivity index (χ2n) is 7.16. The quantitative estimate of drug-likeness (QED) is 0.793. The molecule has 0 saturated heterocycles. The second-order valence-corrected chi connectivity index (χ2v) is 7.16. The highest BCUT2D eigenvalue weighted by Gasteiger charge is 2.25. The van der Waals surface area contributed by atoms with Gasteiger partial charge in [-0.15, -0.1) is 0 Å². The maximum atomic E-state index is 12.0. The van der Waals surface area contributed by atoms with E-state index >= 15 is 0 Å². The Hall–Kier alpha value is -2.30. The zero-order valence-electron chi connectivity index (χ0n) is 14.9. The van der Waals surface area contributed by atoms with Crippen molar-refractivity contribution in [3.63, 3.8) is 0 Å². The van der Waals surface area contributed by atoms with E-state index in [2.05, 4.69) is 0 Å². The fourth-order valence-electron chi connectivity index (χ4n) is 2.36. The number of hydrogen-bond acceptors (Lipinski definition) is 4. The summed E-state index contributed by atoms with van der Waals surface area (Å²) in [7, 11) is 0. The van der Waals surface area contributed by atoms with Crippen molar-refractivity contribution >= 4 is 11.6 Å². The van der Waals surface area contributed by atoms with Crippen LogP contribution < -0.4 is 0 Å². The molecular formula is C21H23O4. The molecule has 2 N–H and O–H groups in total. The molecule has 0 heterocycles. The number of rotatable bonds is 6. The van der Waals surface area contributed by atoms with Crippen molar-refractivity contribution < 1.29 is 19.8 Å². The lowest BCUT2D eigenvalue weighted by molar-refractivity contribution is 0.0487. The van der Waals surface area contributed by atoms with Gasteiger partial charge in [0.25, 0.3) is 0 Å². The van der Waals surface area contributed by atoms with E-state index in [1.165, 1.54) is 27.7 Å². The Labute approximate surface area is 148 Å². The summed E-state index contributed by atoms with van der Waals surface area (Å²) in [5.74, 6) is -0.651. The minimum atomic E-state index is -1.39. The van der Waals surface area contributed by atoms with Crippen LogP contribution in [0.4, 0.5) is 0 Å². The average Bonchev–Trinajstić information content (AvgIpc) is 2.53. The largest absolute Gasteiger partial charge is 0.382 e. The van der Waals surface area contributed by atoms with Crippen molar-refractivity contribution in [3.8, 4) is 0 Å². The predicted octanol–water partition coefficient (Wildman–Crippen LogP) is 3.19. The number of Topliss-reactive ketones (excluding diaryl/α,β-unsaturated/α-hetero) is 2. The first-order chi connectivity index (χ1) is 11.5. The van der Waals surface area contributed by atoms with Gasteiger partial charge in [-0.3, -0.25) is 9.59 Å². The maximum absolute atomic E-state index is 12.0. The standard InChI is InChI=1S/C21H23O4/c1-20(2,24)18(22)16-9-5-14(6-10-16)13-15-7-11-17(12-8-15)19(23)21(3,4)25/h5-13,24-25H,1-4H3. The zero-order valence-corrected chi connectivity index (χ0v) is 14.9. The molecule has 0 aliphatic heterocycles. The van der Waals surface area contributed by atoms with Crippen molar-refractivity contribution in [2.45, 2.75) is 38.9 Å². The Bertz CT molecular complexity index is 690. The van der Waals surface area contributed by atoms with Gasteiger partial charge < -0.3 is 10.2 Å². The molecule has 1 radical (unpaired) electrons. The summed E-state index contributed by atoms with van der Waals surface area (Å²) in [5.41, 5.74) is -0.0865. The third-order valence-corrected chi connectivity index (χ3v) is 3.79. The van der Waals surface area contributed by atoms with E-state index in [0.29, 0.717) is 11.1 Å². The van der Waals surface area contributed by atoms with Crippen LogP contribution in [0.25, 0.3) is 0 Å². The van der Waals surface area contributed by atoms with Gasteiger partial charge in [-0.1, -0.05) is 48.5 Å². The molecule has 0 fully saturated rings. The topological polar surface area (TPSA) is 74.6 Å². The molecule has 2 rings (SSSR count). The molecule has 2 aromatic rings. The third kappa shape index (κ3) is 4.84. The number of carbonyl (C=O) groups excluding carboxylic acids is 2. The minimum absolute atomic E-state index is 0.325. The van der Waals surface area contributed by atoms with Crippen LogP contribution in [-0.4, -0.2) is 33.0 Å². The van der Waals surface area contributed by atoms with Crippen LogP contribution in [0, 0.1) is 6.42 Å². The number of carbonyl (C=O) groups is 2. The average molecular weight is 339 g/mol. The summed E-state index contributed by atoms with van der Waals surface area (Å²) in [4.78, 5) is 24.0. The fourth-order valence-corrected chi connectivity index (χ4v) is 2.36. The van der Waals surface area contributed by atoms with Crippen LogP contribution in [0.15, 0.2) is 48.5 Å². The molecule has 0 aliphatic carbocycles. The van der Waals surface area contributed by atoms with Crippen molar-refractivity contribution in [3.05, 3.63) is 77.2 Å². The third-order valence-electron chi connectivity index (χ3n) is 3.79. The molecule has 25 heavy (non-hydrogen) atoms. The van der Waals surface area contributed by atoms with E-state index in [-0.39, 0.29) is 11.6 Å². The van der Waals surface area contributed by atoms with Gasteiger partial charge in [-0.05, 0) is 38.8 Å². The maximum Gasteiger partial charge on any atom is 0.193 e. The Balaban J connectivity index is 2.10. The first-order valence-electron chi connectivity index (χ1n) is 8.08. The molecule has 0 aliphatic rings. The van der Waals surface area contributed by atoms with Gasteiger partial charge in [0, 0.05) is 17.5 Å². The predicted molar refractivity (Wildman–Crippen MR) is 96.6 cm³/mol. The molecule has 0 atom stereocenters. The zero-order chi connectivity index (χ0) is 18.8. The molecule has 4 heteroatoms. The van der Waals surface area contributed by atoms with Gasteiger partial charge in [0.1, 0.15) is 11.2 Å². The van der Waals surface area contributed by atoms with Gasteiger partial charge in [0.05, 0.1) is 0 Å². The Morgan fingerprint density at radius 3 is 1.20 bits per heavy atom. The van der Waals surface area contributed by atoms with E-state index < -0.39 is 11.2 Å². The van der Waals surface area contributed by atoms with Crippen molar-refractivity contribution in [2.24, 2.45) is 0 Å². The second kappa shape index (κ2) is 6.90. The number of hydrogen-bond donors (Lipinski definition) is 2. The van der Waals surface area contributed by atoms with Crippen LogP contribution in [-0.2, 0) is 0 Å². The highest BCUT2D eigenvalue weighted by molar-refractivity contribution is 6.02. The van der Waals surface area contributed by atoms with Gasteiger partial charge >= 0.3 is 0 Å². The SMILES string of the molecule is CC(C)(O)C(=O)c1ccc([CH]c2ccc(C(=O)C(C)(C)O)cc2)cc1. The molecule has 0 unspecified atom stereocenters. The van der Waals surface area contributed by atoms with Crippen LogP contribution in [0.5, 0.6) is 0 Å². The summed E-state index contributed by atoms with van der Waals surface area (Å²) in [5, 5.41) is 19.5. The van der Waals surface area contributed by atoms with Crippen LogP contribution in [0.1, 0.15) is 59.5 Å². The van der Waals surface area contributed by atoms with Crippen molar-refractivity contribution in [2.75, 3.05) is 0 Å². The first-order valence-corrected chi connectivity index (χ1v) is 8.08. The fraction of sp³-hybridized carbons (Fsp3) is 0.286. The molecule has 4 nitrogen and oxygen atoms in total. The highest BCUT2D eigenvalue weighted by atomic mass is 16.3. The summed E-state index contributed by atoms with van der Waals surface area (Å²) in [6.07, 6.45) is 1.91. The van der Waals surface area contributed by atoms with E-state index in [1.807, 2.05) is 6.42 Å². The summed E-state index contributed by atoms with van der Waals surface area (Å²) < 4.78 is 0. The smallest absolute Gasteiger partial charge is 0.193 e. The van der Waals surface area contributed by atoms with Crippen LogP contribution in [0.3, 0.4) is 0 Å². The van der Waals surface area contributed by atoms with Crippen LogP contribution >= 0.6 is 0 Å². The van der Waals surface area contributed by atoms with E-state index in [0.717, 1.165) is 11.1 Å². The lowest BCUT2D eigenvalue weighted by Crippen LogP contribution is -2.31. The molecule has 0 bridgehead atoms. The number of benzene rings is 2. The number of ketones is 2. The monoisotopic (exact) mass is 339 g/mol. The minimum Gasteiger partial charge on any atom is -0.382 e. The molecule has 0 amide bonds. The highest BCUT2D eigenvalue weighted by Crippen LogP contribution is 2.18. The molecule has 0 saturated carbocycles. The van der Waals surface area contributed by atoms with Crippen LogP contribution in [0.2, 0.25) is 0 Å². The van der Waals surface area contributed by atoms with Gasteiger partial charge in [0.2, 0.25) is 0 Å². The Morgan fingerprint density at radius 1 is 0.680 bits per heavy atom. The van der Waals surface area contributed by atoms with E-state index in [9.17, 15) is 19.8 Å².